The lowest BCUT2D eigenvalue weighted by atomic mass is 10.0. The highest BCUT2D eigenvalue weighted by Gasteiger charge is 2.34. The van der Waals surface area contributed by atoms with Crippen LogP contribution in [0.3, 0.4) is 0 Å². The van der Waals surface area contributed by atoms with Gasteiger partial charge < -0.3 is 5.73 Å². The Labute approximate surface area is 124 Å². The Morgan fingerprint density at radius 2 is 1.81 bits per heavy atom. The number of anilines is 1. The van der Waals surface area contributed by atoms with Crippen LogP contribution in [0.5, 0.6) is 0 Å². The normalized spacial score (nSPS) is 16.5. The molecule has 1 aromatic carbocycles. The minimum Gasteiger partial charge on any atom is -0.389 e. The largest absolute Gasteiger partial charge is 0.417 e. The molecule has 1 saturated carbocycles. The first-order chi connectivity index (χ1) is 9.97. The van der Waals surface area contributed by atoms with Gasteiger partial charge in [0.1, 0.15) is 10.7 Å². The van der Waals surface area contributed by atoms with Crippen molar-refractivity contribution in [3.05, 3.63) is 34.8 Å². The second kappa shape index (κ2) is 5.33. The van der Waals surface area contributed by atoms with Crippen LogP contribution in [0.1, 0.15) is 42.2 Å². The zero-order valence-corrected chi connectivity index (χ0v) is 12.1. The van der Waals surface area contributed by atoms with Gasteiger partial charge in [-0.1, -0.05) is 31.0 Å². The van der Waals surface area contributed by atoms with Crippen LogP contribution in [0.4, 0.5) is 18.2 Å². The van der Waals surface area contributed by atoms with E-state index in [-0.39, 0.29) is 11.3 Å². The number of alkyl halides is 3. The van der Waals surface area contributed by atoms with Gasteiger partial charge in [0.25, 0.3) is 0 Å². The maximum Gasteiger partial charge on any atom is 0.417 e. The van der Waals surface area contributed by atoms with Gasteiger partial charge in [-0.15, -0.1) is 11.3 Å². The predicted octanol–water partition coefficient (Wildman–Crippen LogP) is 5.07. The van der Waals surface area contributed by atoms with Crippen molar-refractivity contribution >= 4 is 16.3 Å². The maximum absolute atomic E-state index is 13.1. The van der Waals surface area contributed by atoms with Crippen molar-refractivity contribution in [3.8, 4) is 11.3 Å². The molecule has 0 bridgehead atoms. The van der Waals surface area contributed by atoms with Gasteiger partial charge in [0.15, 0.2) is 0 Å². The van der Waals surface area contributed by atoms with Gasteiger partial charge in [-0.05, 0) is 18.9 Å². The highest BCUT2D eigenvalue weighted by atomic mass is 32.1. The molecular formula is C15H15F3N2S. The van der Waals surface area contributed by atoms with Crippen molar-refractivity contribution in [2.24, 2.45) is 0 Å². The molecule has 2 nitrogen and oxygen atoms in total. The van der Waals surface area contributed by atoms with E-state index in [0.717, 1.165) is 36.8 Å². The number of rotatable bonds is 2. The van der Waals surface area contributed by atoms with Gasteiger partial charge >= 0.3 is 6.18 Å². The maximum atomic E-state index is 13.1. The van der Waals surface area contributed by atoms with Crippen molar-refractivity contribution in [1.82, 2.24) is 4.98 Å². The summed E-state index contributed by atoms with van der Waals surface area (Å²) in [6, 6.07) is 5.47. The van der Waals surface area contributed by atoms with Crippen LogP contribution < -0.4 is 5.73 Å². The number of halogens is 3. The van der Waals surface area contributed by atoms with Crippen LogP contribution in [-0.2, 0) is 6.18 Å². The number of nitrogens with zero attached hydrogens (tertiary/aromatic N) is 1. The van der Waals surface area contributed by atoms with E-state index in [1.54, 1.807) is 6.07 Å². The predicted molar refractivity (Wildman–Crippen MR) is 78.2 cm³/mol. The lowest BCUT2D eigenvalue weighted by Gasteiger charge is -2.11. The van der Waals surface area contributed by atoms with E-state index in [1.807, 2.05) is 0 Å². The molecule has 1 aliphatic rings. The molecule has 3 rings (SSSR count). The summed E-state index contributed by atoms with van der Waals surface area (Å²) < 4.78 is 39.3. The molecule has 0 saturated heterocycles. The third-order valence-electron chi connectivity index (χ3n) is 3.86. The second-order valence-corrected chi connectivity index (χ2v) is 6.35. The lowest BCUT2D eigenvalue weighted by Crippen LogP contribution is -2.07. The lowest BCUT2D eigenvalue weighted by molar-refractivity contribution is -0.137. The summed E-state index contributed by atoms with van der Waals surface area (Å²) in [5.74, 6) is 0.351. The number of thiazole rings is 1. The molecule has 0 atom stereocenters. The number of nitrogen functional groups attached to an aromatic ring is 1. The molecule has 1 fully saturated rings. The molecule has 0 unspecified atom stereocenters. The molecule has 2 N–H and O–H groups in total. The third-order valence-corrected chi connectivity index (χ3v) is 4.91. The first-order valence-corrected chi connectivity index (χ1v) is 7.71. The van der Waals surface area contributed by atoms with Crippen molar-refractivity contribution in [2.75, 3.05) is 5.73 Å². The molecule has 0 amide bonds. The van der Waals surface area contributed by atoms with E-state index < -0.39 is 11.7 Å². The molecule has 112 valence electrons. The second-order valence-electron chi connectivity index (χ2n) is 5.29. The molecular weight excluding hydrogens is 297 g/mol. The minimum absolute atomic E-state index is 0.0722. The van der Waals surface area contributed by atoms with Crippen molar-refractivity contribution in [2.45, 2.75) is 37.8 Å². The van der Waals surface area contributed by atoms with E-state index in [4.69, 9.17) is 5.73 Å². The Morgan fingerprint density at radius 1 is 1.14 bits per heavy atom. The van der Waals surface area contributed by atoms with Gasteiger partial charge in [-0.2, -0.15) is 13.2 Å². The average Bonchev–Trinajstić information content (AvgIpc) is 3.06. The standard InChI is InChI=1S/C15H15F3N2S/c16-15(17,18)11-8-4-3-7-10(11)12-13(19)21-14(20-12)9-5-1-2-6-9/h3-4,7-9H,1-2,5-6,19H2. The summed E-state index contributed by atoms with van der Waals surface area (Å²) in [6.07, 6.45) is -0.00194. The first kappa shape index (κ1) is 14.4. The SMILES string of the molecule is Nc1sc(C2CCCC2)nc1-c1ccccc1C(F)(F)F. The fraction of sp³-hybridized carbons (Fsp3) is 0.400. The molecule has 0 aliphatic heterocycles. The summed E-state index contributed by atoms with van der Waals surface area (Å²) in [5, 5.41) is 1.24. The number of nitrogens with two attached hydrogens (primary N) is 1. The number of aromatic nitrogens is 1. The molecule has 1 aliphatic carbocycles. The van der Waals surface area contributed by atoms with Crippen LogP contribution in [0, 0.1) is 0 Å². The zero-order valence-electron chi connectivity index (χ0n) is 11.3. The van der Waals surface area contributed by atoms with E-state index in [2.05, 4.69) is 4.98 Å². The summed E-state index contributed by atoms with van der Waals surface area (Å²) >= 11 is 1.33. The first-order valence-electron chi connectivity index (χ1n) is 6.89. The number of hydrogen-bond donors (Lipinski definition) is 1. The van der Waals surface area contributed by atoms with Crippen LogP contribution in [0.25, 0.3) is 11.3 Å². The van der Waals surface area contributed by atoms with Crippen LogP contribution >= 0.6 is 11.3 Å². The van der Waals surface area contributed by atoms with E-state index in [1.165, 1.54) is 23.5 Å². The molecule has 6 heteroatoms. The van der Waals surface area contributed by atoms with Crippen LogP contribution in [0.2, 0.25) is 0 Å². The van der Waals surface area contributed by atoms with E-state index >= 15 is 0 Å². The fourth-order valence-corrected chi connectivity index (χ4v) is 3.84. The monoisotopic (exact) mass is 312 g/mol. The number of hydrogen-bond acceptors (Lipinski definition) is 3. The van der Waals surface area contributed by atoms with Gasteiger partial charge in [0.2, 0.25) is 0 Å². The summed E-state index contributed by atoms with van der Waals surface area (Å²) in [6.45, 7) is 0. The third kappa shape index (κ3) is 2.77. The Bertz CT molecular complexity index is 643. The van der Waals surface area contributed by atoms with Gasteiger partial charge in [0.05, 0.1) is 10.6 Å². The highest BCUT2D eigenvalue weighted by Crippen LogP contribution is 2.43. The Balaban J connectivity index is 2.05. The molecule has 1 heterocycles. The van der Waals surface area contributed by atoms with E-state index in [9.17, 15) is 13.2 Å². The van der Waals surface area contributed by atoms with Gasteiger partial charge in [-0.3, -0.25) is 0 Å². The molecule has 0 radical (unpaired) electrons. The van der Waals surface area contributed by atoms with Crippen LogP contribution in [0.15, 0.2) is 24.3 Å². The topological polar surface area (TPSA) is 38.9 Å². The summed E-state index contributed by atoms with van der Waals surface area (Å²) in [7, 11) is 0. The summed E-state index contributed by atoms with van der Waals surface area (Å²) in [5.41, 5.74) is 5.61. The van der Waals surface area contributed by atoms with Crippen molar-refractivity contribution in [3.63, 3.8) is 0 Å². The smallest absolute Gasteiger partial charge is 0.389 e. The van der Waals surface area contributed by atoms with E-state index in [0.29, 0.717) is 10.9 Å². The molecule has 0 spiro atoms. The van der Waals surface area contributed by atoms with Gasteiger partial charge in [0, 0.05) is 11.5 Å². The zero-order chi connectivity index (χ0) is 15.0. The highest BCUT2D eigenvalue weighted by molar-refractivity contribution is 7.16. The Hall–Kier alpha value is -1.56. The molecule has 21 heavy (non-hydrogen) atoms. The Morgan fingerprint density at radius 3 is 2.48 bits per heavy atom. The van der Waals surface area contributed by atoms with Crippen LogP contribution in [-0.4, -0.2) is 4.98 Å². The Kier molecular flexibility index (Phi) is 3.65. The fourth-order valence-electron chi connectivity index (χ4n) is 2.83. The minimum atomic E-state index is -4.40. The molecule has 1 aromatic heterocycles. The van der Waals surface area contributed by atoms with Crippen molar-refractivity contribution < 1.29 is 13.2 Å². The number of benzene rings is 1. The quantitative estimate of drug-likeness (QED) is 0.841. The average molecular weight is 312 g/mol. The molecule has 2 aromatic rings. The summed E-state index contributed by atoms with van der Waals surface area (Å²) in [4.78, 5) is 4.43. The van der Waals surface area contributed by atoms with Crippen molar-refractivity contribution in [1.29, 1.82) is 0 Å². The van der Waals surface area contributed by atoms with Gasteiger partial charge in [-0.25, -0.2) is 4.98 Å².